The predicted molar refractivity (Wildman–Crippen MR) is 105 cm³/mol. The van der Waals surface area contributed by atoms with E-state index in [4.69, 9.17) is 9.47 Å². The van der Waals surface area contributed by atoms with Crippen molar-refractivity contribution in [3.8, 4) is 11.5 Å². The van der Waals surface area contributed by atoms with Crippen molar-refractivity contribution in [2.75, 3.05) is 13.3 Å². The number of hydrogen-bond donors (Lipinski definition) is 1. The average molecular weight is 357 g/mol. The van der Waals surface area contributed by atoms with Crippen molar-refractivity contribution in [1.29, 1.82) is 0 Å². The smallest absolute Gasteiger partial charge is 0.243 e. The highest BCUT2D eigenvalue weighted by Crippen LogP contribution is 2.36. The van der Waals surface area contributed by atoms with Gasteiger partial charge in [0.05, 0.1) is 0 Å². The molecule has 0 aliphatic carbocycles. The summed E-state index contributed by atoms with van der Waals surface area (Å²) in [5.41, 5.74) is 1.25. The number of amides is 1. The molecule has 1 aromatic rings. The number of ether oxygens (including phenoxy) is 2. The highest BCUT2D eigenvalue weighted by atomic mass is 16.7. The molecule has 0 radical (unpaired) electrons. The van der Waals surface area contributed by atoms with Gasteiger partial charge in [-0.2, -0.15) is 0 Å². The topological polar surface area (TPSA) is 47.6 Å². The molecule has 1 N–H and O–H groups in total. The van der Waals surface area contributed by atoms with Crippen molar-refractivity contribution in [1.82, 2.24) is 5.32 Å². The minimum Gasteiger partial charge on any atom is -0.454 e. The number of hydrogen-bond acceptors (Lipinski definition) is 3. The van der Waals surface area contributed by atoms with E-state index < -0.39 is 0 Å². The Kier molecular flexibility index (Phi) is 8.81. The summed E-state index contributed by atoms with van der Waals surface area (Å²) in [4.78, 5) is 11.5. The van der Waals surface area contributed by atoms with Gasteiger partial charge in [0, 0.05) is 12.6 Å². The van der Waals surface area contributed by atoms with Gasteiger partial charge in [-0.3, -0.25) is 4.79 Å². The van der Waals surface area contributed by atoms with Gasteiger partial charge >= 0.3 is 0 Å². The molecule has 4 nitrogen and oxygen atoms in total. The number of allylic oxidation sites excluding steroid dienone is 3. The molecule has 0 unspecified atom stereocenters. The van der Waals surface area contributed by atoms with Gasteiger partial charge in [-0.15, -0.1) is 0 Å². The van der Waals surface area contributed by atoms with E-state index in [2.05, 4.69) is 31.3 Å². The van der Waals surface area contributed by atoms with E-state index in [1.165, 1.54) is 31.2 Å². The summed E-state index contributed by atoms with van der Waals surface area (Å²) >= 11 is 0. The molecule has 1 heterocycles. The molecule has 0 bridgehead atoms. The zero-order valence-electron chi connectivity index (χ0n) is 16.0. The number of benzene rings is 1. The van der Waals surface area contributed by atoms with E-state index in [1.54, 1.807) is 6.08 Å². The Morgan fingerprint density at radius 3 is 2.85 bits per heavy atom. The van der Waals surface area contributed by atoms with Crippen LogP contribution in [0, 0.1) is 5.92 Å². The van der Waals surface area contributed by atoms with Gasteiger partial charge in [-0.05, 0) is 43.2 Å². The maximum absolute atomic E-state index is 11.5. The van der Waals surface area contributed by atoms with E-state index >= 15 is 0 Å². The standard InChI is InChI=1S/C22H31NO3/c1-18(2)16-23-21(24)15-10-8-6-4-3-5-7-9-12-19-13-11-14-20-22(19)26-17-25-20/h6,8,10-11,13-15,18H,3-5,7,9,12,16-17H2,1-2H3,(H,23,24). The Bertz CT molecular complexity index is 620. The second-order valence-electron chi connectivity index (χ2n) is 7.03. The van der Waals surface area contributed by atoms with Gasteiger partial charge in [0.1, 0.15) is 0 Å². The van der Waals surface area contributed by atoms with Crippen LogP contribution in [-0.2, 0) is 11.2 Å². The third-order valence-electron chi connectivity index (χ3n) is 4.22. The molecule has 0 fully saturated rings. The van der Waals surface area contributed by atoms with Gasteiger partial charge in [-0.25, -0.2) is 0 Å². The fourth-order valence-electron chi connectivity index (χ4n) is 2.80. The molecular weight excluding hydrogens is 326 g/mol. The largest absolute Gasteiger partial charge is 0.454 e. The lowest BCUT2D eigenvalue weighted by atomic mass is 10.0. The van der Waals surface area contributed by atoms with Crippen molar-refractivity contribution in [2.24, 2.45) is 5.92 Å². The molecule has 0 aromatic heterocycles. The van der Waals surface area contributed by atoms with E-state index in [-0.39, 0.29) is 5.91 Å². The molecular formula is C22H31NO3. The molecule has 26 heavy (non-hydrogen) atoms. The first-order valence-electron chi connectivity index (χ1n) is 9.65. The minimum atomic E-state index is -0.0230. The minimum absolute atomic E-state index is 0.0230. The Balaban J connectivity index is 1.51. The Morgan fingerprint density at radius 2 is 2.00 bits per heavy atom. The summed E-state index contributed by atoms with van der Waals surface area (Å²) < 4.78 is 10.9. The van der Waals surface area contributed by atoms with Gasteiger partial charge in [-0.1, -0.05) is 57.0 Å². The molecule has 4 heteroatoms. The summed E-state index contributed by atoms with van der Waals surface area (Å²) in [6.45, 7) is 5.22. The maximum atomic E-state index is 11.5. The summed E-state index contributed by atoms with van der Waals surface area (Å²) in [6, 6.07) is 6.12. The first-order valence-corrected chi connectivity index (χ1v) is 9.65. The Labute approximate surface area is 157 Å². The SMILES string of the molecule is CC(C)CNC(=O)C=CC=CCCCCCCc1cccc2c1OCO2. The number of unbranched alkanes of at least 4 members (excludes halogenated alkanes) is 4. The first kappa shape index (κ1) is 20.1. The fourth-order valence-corrected chi connectivity index (χ4v) is 2.80. The molecule has 142 valence electrons. The highest BCUT2D eigenvalue weighted by Gasteiger charge is 2.16. The molecule has 1 aliphatic heterocycles. The van der Waals surface area contributed by atoms with Crippen molar-refractivity contribution in [2.45, 2.75) is 52.4 Å². The van der Waals surface area contributed by atoms with E-state index in [0.717, 1.165) is 30.9 Å². The van der Waals surface area contributed by atoms with Crippen molar-refractivity contribution in [3.05, 3.63) is 48.1 Å². The van der Waals surface area contributed by atoms with Crippen molar-refractivity contribution < 1.29 is 14.3 Å². The maximum Gasteiger partial charge on any atom is 0.243 e. The zero-order valence-corrected chi connectivity index (χ0v) is 16.0. The summed E-state index contributed by atoms with van der Waals surface area (Å²) in [6.07, 6.45) is 14.3. The van der Waals surface area contributed by atoms with Crippen LogP contribution in [0.2, 0.25) is 0 Å². The molecule has 0 atom stereocenters. The van der Waals surface area contributed by atoms with Crippen molar-refractivity contribution in [3.63, 3.8) is 0 Å². The second-order valence-corrected chi connectivity index (χ2v) is 7.03. The van der Waals surface area contributed by atoms with Crippen molar-refractivity contribution >= 4 is 5.91 Å². The van der Waals surface area contributed by atoms with Crippen LogP contribution in [0.25, 0.3) is 0 Å². The van der Waals surface area contributed by atoms with Crippen LogP contribution >= 0.6 is 0 Å². The van der Waals surface area contributed by atoms with Gasteiger partial charge in [0.15, 0.2) is 11.5 Å². The third kappa shape index (κ3) is 7.34. The molecule has 1 amide bonds. The van der Waals surface area contributed by atoms with Crippen LogP contribution in [0.15, 0.2) is 42.5 Å². The fraction of sp³-hybridized carbons (Fsp3) is 0.500. The third-order valence-corrected chi connectivity index (χ3v) is 4.22. The number of fused-ring (bicyclic) bond motifs is 1. The van der Waals surface area contributed by atoms with Crippen LogP contribution < -0.4 is 14.8 Å². The lowest BCUT2D eigenvalue weighted by Crippen LogP contribution is -2.25. The van der Waals surface area contributed by atoms with Crippen LogP contribution in [0.1, 0.15) is 51.5 Å². The lowest BCUT2D eigenvalue weighted by Gasteiger charge is -2.05. The van der Waals surface area contributed by atoms with Crippen LogP contribution in [0.3, 0.4) is 0 Å². The second kappa shape index (κ2) is 11.4. The quantitative estimate of drug-likeness (QED) is 0.352. The molecule has 1 aliphatic rings. The number of aryl methyl sites for hydroxylation is 1. The summed E-state index contributed by atoms with van der Waals surface area (Å²) in [5, 5.41) is 2.86. The normalized spacial score (nSPS) is 13.2. The van der Waals surface area contributed by atoms with Crippen LogP contribution in [-0.4, -0.2) is 19.2 Å². The number of nitrogens with one attached hydrogen (secondary N) is 1. The molecule has 1 aromatic carbocycles. The highest BCUT2D eigenvalue weighted by molar-refractivity contribution is 5.87. The lowest BCUT2D eigenvalue weighted by molar-refractivity contribution is -0.116. The van der Waals surface area contributed by atoms with Gasteiger partial charge < -0.3 is 14.8 Å². The number of para-hydroxylation sites is 1. The molecule has 0 saturated carbocycles. The van der Waals surface area contributed by atoms with Gasteiger partial charge in [0.25, 0.3) is 0 Å². The Morgan fingerprint density at radius 1 is 1.15 bits per heavy atom. The summed E-state index contributed by atoms with van der Waals surface area (Å²) in [7, 11) is 0. The van der Waals surface area contributed by atoms with Crippen LogP contribution in [0.4, 0.5) is 0 Å². The number of rotatable bonds is 11. The predicted octanol–water partition coefficient (Wildman–Crippen LogP) is 4.79. The van der Waals surface area contributed by atoms with E-state index in [9.17, 15) is 4.79 Å². The average Bonchev–Trinajstić information content (AvgIpc) is 3.11. The molecule has 2 rings (SSSR count). The first-order chi connectivity index (χ1) is 12.7. The van der Waals surface area contributed by atoms with Crippen LogP contribution in [0.5, 0.6) is 11.5 Å². The molecule has 0 spiro atoms. The number of carbonyl (C=O) groups is 1. The van der Waals surface area contributed by atoms with E-state index in [0.29, 0.717) is 12.7 Å². The number of carbonyl (C=O) groups excluding carboxylic acids is 1. The molecule has 0 saturated heterocycles. The summed E-state index contributed by atoms with van der Waals surface area (Å²) in [5.74, 6) is 2.26. The monoisotopic (exact) mass is 357 g/mol. The van der Waals surface area contributed by atoms with Gasteiger partial charge in [0.2, 0.25) is 12.7 Å². The Hall–Kier alpha value is -2.23. The zero-order chi connectivity index (χ0) is 18.6. The van der Waals surface area contributed by atoms with E-state index in [1.807, 2.05) is 24.3 Å².